The van der Waals surface area contributed by atoms with Crippen LogP contribution in [0.4, 0.5) is 4.39 Å². The van der Waals surface area contributed by atoms with Crippen LogP contribution < -0.4 is 14.8 Å². The van der Waals surface area contributed by atoms with Crippen LogP contribution in [0.25, 0.3) is 11.1 Å². The van der Waals surface area contributed by atoms with Crippen molar-refractivity contribution in [1.82, 2.24) is 10.3 Å². The molecule has 0 unspecified atom stereocenters. The molecule has 1 atom stereocenters. The van der Waals surface area contributed by atoms with Crippen LogP contribution in [0.5, 0.6) is 11.5 Å². The third-order valence-corrected chi connectivity index (χ3v) is 8.66. The molecule has 2 aliphatic rings. The molecule has 0 saturated heterocycles. The van der Waals surface area contributed by atoms with E-state index in [-0.39, 0.29) is 24.6 Å². The monoisotopic (exact) mass is 597 g/mol. The molecule has 0 spiro atoms. The molecule has 43 heavy (non-hydrogen) atoms. The Morgan fingerprint density at radius 2 is 1.79 bits per heavy atom. The number of rotatable bonds is 9. The summed E-state index contributed by atoms with van der Waals surface area (Å²) in [7, 11) is 0. The summed E-state index contributed by atoms with van der Waals surface area (Å²) >= 11 is 6.82. The van der Waals surface area contributed by atoms with E-state index in [1.807, 2.05) is 42.5 Å². The summed E-state index contributed by atoms with van der Waals surface area (Å²) in [5, 5.41) is 23.2. The zero-order valence-corrected chi connectivity index (χ0v) is 24.5. The predicted molar refractivity (Wildman–Crippen MR) is 163 cm³/mol. The van der Waals surface area contributed by atoms with E-state index in [0.717, 1.165) is 66.3 Å². The number of nitrogens with zero attached hydrogens (tertiary/aromatic N) is 2. The van der Waals surface area contributed by atoms with E-state index in [9.17, 15) is 14.8 Å². The van der Waals surface area contributed by atoms with Gasteiger partial charge in [-0.3, -0.25) is 4.98 Å². The Labute approximate surface area is 256 Å². The fraction of sp³-hybridized carbons (Fsp3) is 0.314. The third-order valence-electron chi connectivity index (χ3n) is 8.36. The average molecular weight is 598 g/mol. The van der Waals surface area contributed by atoms with Crippen molar-refractivity contribution in [2.45, 2.75) is 69.9 Å². The van der Waals surface area contributed by atoms with Crippen LogP contribution in [-0.4, -0.2) is 22.2 Å². The number of halogens is 2. The lowest BCUT2D eigenvalue weighted by molar-refractivity contribution is 0.116. The van der Waals surface area contributed by atoms with E-state index in [0.29, 0.717) is 40.2 Å². The van der Waals surface area contributed by atoms with Gasteiger partial charge in [0.25, 0.3) is 0 Å². The zero-order chi connectivity index (χ0) is 29.8. The SMILES string of the molecule is N#Cc1cncc(COc2cc(O[C@H]3CCc4c(-c5ccccc5F)cccc43)c(Cl)cc2CN[C@H]2CC[C@H](O)CC2)c1. The minimum Gasteiger partial charge on any atom is -0.488 e. The highest BCUT2D eigenvalue weighted by Gasteiger charge is 2.28. The second-order valence-corrected chi connectivity index (χ2v) is 11.7. The first kappa shape index (κ1) is 29.1. The summed E-state index contributed by atoms with van der Waals surface area (Å²) < 4.78 is 27.5. The van der Waals surface area contributed by atoms with Gasteiger partial charge in [0.15, 0.2) is 0 Å². The van der Waals surface area contributed by atoms with Crippen LogP contribution in [0.15, 0.2) is 73.1 Å². The third kappa shape index (κ3) is 6.67. The Hall–Kier alpha value is -3.96. The maximum Gasteiger partial charge on any atom is 0.142 e. The summed E-state index contributed by atoms with van der Waals surface area (Å²) in [5.74, 6) is 0.900. The summed E-state index contributed by atoms with van der Waals surface area (Å²) in [6, 6.07) is 20.7. The smallest absolute Gasteiger partial charge is 0.142 e. The van der Waals surface area contributed by atoms with Crippen molar-refractivity contribution >= 4 is 11.6 Å². The topological polar surface area (TPSA) is 87.4 Å². The summed E-state index contributed by atoms with van der Waals surface area (Å²) in [6.45, 7) is 0.773. The molecular weight excluding hydrogens is 565 g/mol. The Morgan fingerprint density at radius 1 is 0.977 bits per heavy atom. The molecule has 4 aromatic rings. The standard InChI is InChI=1S/C35H33ClFN3O3/c36-31-15-24(20-40-25-8-10-26(41)11-9-25)34(42-21-23-14-22(17-38)18-39-19-23)16-35(31)43-33-13-12-28-27(5-3-6-30(28)33)29-4-1-2-7-32(29)37/h1-7,14-16,18-19,25-26,33,40-41H,8-13,20-21H2/t25-,26-,33-/m0/s1. The van der Waals surface area contributed by atoms with E-state index in [4.69, 9.17) is 21.1 Å². The Morgan fingerprint density at radius 3 is 2.60 bits per heavy atom. The summed E-state index contributed by atoms with van der Waals surface area (Å²) in [5.41, 5.74) is 5.74. The lowest BCUT2D eigenvalue weighted by Crippen LogP contribution is -2.34. The number of aromatic nitrogens is 1. The number of ether oxygens (including phenoxy) is 2. The number of pyridine rings is 1. The van der Waals surface area contributed by atoms with Crippen molar-refractivity contribution in [3.63, 3.8) is 0 Å². The van der Waals surface area contributed by atoms with E-state index >= 15 is 0 Å². The molecular formula is C35H33ClFN3O3. The molecule has 6 nitrogen and oxygen atoms in total. The molecule has 1 heterocycles. The van der Waals surface area contributed by atoms with Gasteiger partial charge >= 0.3 is 0 Å². The quantitative estimate of drug-likeness (QED) is 0.208. The number of fused-ring (bicyclic) bond motifs is 1. The molecule has 1 aromatic heterocycles. The molecule has 1 saturated carbocycles. The number of nitriles is 1. The van der Waals surface area contributed by atoms with Crippen LogP contribution in [0.3, 0.4) is 0 Å². The first-order valence-corrected chi connectivity index (χ1v) is 15.1. The Bertz CT molecular complexity index is 1650. The van der Waals surface area contributed by atoms with E-state index in [1.54, 1.807) is 18.3 Å². The molecule has 0 amide bonds. The average Bonchev–Trinajstić information content (AvgIpc) is 3.44. The number of benzene rings is 3. The Balaban J connectivity index is 1.25. The van der Waals surface area contributed by atoms with Gasteiger partial charge in [-0.05, 0) is 73.4 Å². The number of hydrogen-bond acceptors (Lipinski definition) is 6. The van der Waals surface area contributed by atoms with Gasteiger partial charge in [0.2, 0.25) is 0 Å². The highest BCUT2D eigenvalue weighted by Crippen LogP contribution is 2.43. The predicted octanol–water partition coefficient (Wildman–Crippen LogP) is 7.45. The normalized spacial score (nSPS) is 19.4. The zero-order valence-electron chi connectivity index (χ0n) is 23.7. The first-order chi connectivity index (χ1) is 21.0. The molecule has 0 bridgehead atoms. The Kier molecular flexibility index (Phi) is 8.90. The minimum absolute atomic E-state index is 0.218. The molecule has 0 radical (unpaired) electrons. The van der Waals surface area contributed by atoms with Gasteiger partial charge in [-0.25, -0.2) is 4.39 Å². The van der Waals surface area contributed by atoms with E-state index in [1.165, 1.54) is 12.3 Å². The van der Waals surface area contributed by atoms with Crippen molar-refractivity contribution in [2.24, 2.45) is 0 Å². The van der Waals surface area contributed by atoms with Gasteiger partial charge in [0.1, 0.15) is 36.1 Å². The van der Waals surface area contributed by atoms with Crippen LogP contribution >= 0.6 is 11.6 Å². The van der Waals surface area contributed by atoms with E-state index < -0.39 is 0 Å². The van der Waals surface area contributed by atoms with E-state index in [2.05, 4.69) is 16.4 Å². The first-order valence-electron chi connectivity index (χ1n) is 14.7. The van der Waals surface area contributed by atoms with Crippen LogP contribution in [0, 0.1) is 17.1 Å². The van der Waals surface area contributed by atoms with Gasteiger partial charge in [-0.1, -0.05) is 48.0 Å². The molecule has 3 aromatic carbocycles. The molecule has 6 rings (SSSR count). The molecule has 2 aliphatic carbocycles. The molecule has 8 heteroatoms. The fourth-order valence-electron chi connectivity index (χ4n) is 6.09. The number of aliphatic hydroxyl groups is 1. The highest BCUT2D eigenvalue weighted by atomic mass is 35.5. The van der Waals surface area contributed by atoms with Gasteiger partial charge < -0.3 is 19.9 Å². The van der Waals surface area contributed by atoms with Gasteiger partial charge in [0, 0.05) is 47.7 Å². The maximum atomic E-state index is 14.7. The number of hydrogen-bond donors (Lipinski definition) is 2. The van der Waals surface area contributed by atoms with Crippen molar-refractivity contribution in [1.29, 1.82) is 5.26 Å². The van der Waals surface area contributed by atoms with Gasteiger partial charge in [-0.2, -0.15) is 5.26 Å². The molecule has 2 N–H and O–H groups in total. The van der Waals surface area contributed by atoms with Crippen LogP contribution in [0.2, 0.25) is 5.02 Å². The van der Waals surface area contributed by atoms with Crippen LogP contribution in [-0.2, 0) is 19.6 Å². The number of nitrogens with one attached hydrogen (secondary N) is 1. The fourth-order valence-corrected chi connectivity index (χ4v) is 6.32. The summed E-state index contributed by atoms with van der Waals surface area (Å²) in [6.07, 6.45) is 7.67. The van der Waals surface area contributed by atoms with Crippen molar-refractivity contribution < 1.29 is 19.0 Å². The van der Waals surface area contributed by atoms with Gasteiger partial charge in [0.05, 0.1) is 16.7 Å². The second-order valence-electron chi connectivity index (χ2n) is 11.3. The van der Waals surface area contributed by atoms with Gasteiger partial charge in [-0.15, -0.1) is 0 Å². The molecule has 0 aliphatic heterocycles. The van der Waals surface area contributed by atoms with Crippen molar-refractivity contribution in [3.8, 4) is 28.7 Å². The minimum atomic E-state index is -0.241. The largest absolute Gasteiger partial charge is 0.488 e. The second kappa shape index (κ2) is 13.1. The molecule has 220 valence electrons. The molecule has 1 fully saturated rings. The summed E-state index contributed by atoms with van der Waals surface area (Å²) in [4.78, 5) is 4.15. The van der Waals surface area contributed by atoms with Crippen LogP contribution in [0.1, 0.15) is 66.0 Å². The van der Waals surface area contributed by atoms with Crippen molar-refractivity contribution in [2.75, 3.05) is 0 Å². The maximum absolute atomic E-state index is 14.7. The number of aliphatic hydroxyl groups excluding tert-OH is 1. The van der Waals surface area contributed by atoms with Crippen molar-refractivity contribution in [3.05, 3.63) is 112 Å². The highest BCUT2D eigenvalue weighted by molar-refractivity contribution is 6.32. The lowest BCUT2D eigenvalue weighted by Gasteiger charge is -2.27. The lowest BCUT2D eigenvalue weighted by atomic mass is 9.93.